The average Bonchev–Trinajstić information content (AvgIpc) is 2.70. The molecule has 15 heavy (non-hydrogen) atoms. The van der Waals surface area contributed by atoms with Gasteiger partial charge >= 0.3 is 0 Å². The molecular weight excluding hydrogens is 190 g/mol. The Hall–Kier alpha value is -1.32. The molecule has 1 aliphatic carbocycles. The van der Waals surface area contributed by atoms with Crippen LogP contribution in [0.25, 0.3) is 0 Å². The minimum Gasteiger partial charge on any atom is -0.347 e. The first-order chi connectivity index (χ1) is 7.20. The van der Waals surface area contributed by atoms with Crippen LogP contribution in [-0.4, -0.2) is 21.6 Å². The third kappa shape index (κ3) is 2.37. The van der Waals surface area contributed by atoms with Crippen molar-refractivity contribution in [2.75, 3.05) is 0 Å². The van der Waals surface area contributed by atoms with Crippen LogP contribution in [0.3, 0.4) is 0 Å². The second-order valence-electron chi connectivity index (χ2n) is 4.56. The smallest absolute Gasteiger partial charge is 0.254 e. The zero-order chi connectivity index (χ0) is 10.7. The maximum Gasteiger partial charge on any atom is 0.254 e. The third-order valence-corrected chi connectivity index (χ3v) is 3.13. The number of nitrogens with zero attached hydrogens (tertiary/aromatic N) is 1. The highest BCUT2D eigenvalue weighted by Gasteiger charge is 2.28. The van der Waals surface area contributed by atoms with E-state index in [2.05, 4.69) is 22.4 Å². The molecule has 0 saturated heterocycles. The van der Waals surface area contributed by atoms with Crippen molar-refractivity contribution in [2.24, 2.45) is 0 Å². The van der Waals surface area contributed by atoms with Crippen LogP contribution in [0.4, 0.5) is 0 Å². The molecule has 0 unspecified atom stereocenters. The molecule has 82 valence electrons. The summed E-state index contributed by atoms with van der Waals surface area (Å²) in [7, 11) is 0. The maximum atomic E-state index is 11.8. The summed E-state index contributed by atoms with van der Waals surface area (Å²) in [5.41, 5.74) is 0.592. The number of carbonyl (C=O) groups excluding carboxylic acids is 1. The molecule has 0 atom stereocenters. The van der Waals surface area contributed by atoms with E-state index < -0.39 is 0 Å². The molecule has 0 aliphatic heterocycles. The molecule has 2 N–H and O–H groups in total. The van der Waals surface area contributed by atoms with Gasteiger partial charge in [-0.05, 0) is 19.8 Å². The van der Waals surface area contributed by atoms with Crippen LogP contribution < -0.4 is 5.32 Å². The van der Waals surface area contributed by atoms with E-state index in [0.717, 1.165) is 12.8 Å². The van der Waals surface area contributed by atoms with Crippen molar-refractivity contribution in [1.29, 1.82) is 0 Å². The first-order valence-corrected chi connectivity index (χ1v) is 5.51. The van der Waals surface area contributed by atoms with Gasteiger partial charge in [-0.1, -0.05) is 19.3 Å². The van der Waals surface area contributed by atoms with Crippen molar-refractivity contribution in [3.8, 4) is 0 Å². The summed E-state index contributed by atoms with van der Waals surface area (Å²) in [4.78, 5) is 11.8. The van der Waals surface area contributed by atoms with Gasteiger partial charge < -0.3 is 5.32 Å². The van der Waals surface area contributed by atoms with Crippen molar-refractivity contribution in [3.05, 3.63) is 18.0 Å². The zero-order valence-electron chi connectivity index (χ0n) is 9.05. The van der Waals surface area contributed by atoms with Gasteiger partial charge in [0.05, 0.1) is 11.8 Å². The van der Waals surface area contributed by atoms with E-state index in [1.807, 2.05) is 0 Å². The number of amides is 1. The van der Waals surface area contributed by atoms with Crippen LogP contribution in [-0.2, 0) is 0 Å². The number of aromatic nitrogens is 2. The van der Waals surface area contributed by atoms with Gasteiger partial charge in [0.15, 0.2) is 0 Å². The second kappa shape index (κ2) is 4.04. The standard InChI is InChI=1S/C11H17N3O/c1-11(5-3-2-4-6-11)14-10(15)9-7-12-13-8-9/h7-8H,2-6H2,1H3,(H,12,13)(H,14,15). The van der Waals surface area contributed by atoms with Crippen molar-refractivity contribution >= 4 is 5.91 Å². The maximum absolute atomic E-state index is 11.8. The lowest BCUT2D eigenvalue weighted by Crippen LogP contribution is -2.47. The summed E-state index contributed by atoms with van der Waals surface area (Å²) in [6.45, 7) is 2.13. The Kier molecular flexibility index (Phi) is 2.75. The van der Waals surface area contributed by atoms with Crippen LogP contribution in [0.1, 0.15) is 49.4 Å². The first-order valence-electron chi connectivity index (χ1n) is 5.51. The molecule has 0 bridgehead atoms. The van der Waals surface area contributed by atoms with Gasteiger partial charge in [0, 0.05) is 11.7 Å². The van der Waals surface area contributed by atoms with E-state index in [0.29, 0.717) is 5.56 Å². The Morgan fingerprint density at radius 3 is 2.80 bits per heavy atom. The van der Waals surface area contributed by atoms with Gasteiger partial charge in [-0.3, -0.25) is 9.89 Å². The quantitative estimate of drug-likeness (QED) is 0.777. The lowest BCUT2D eigenvalue weighted by molar-refractivity contribution is 0.0883. The Morgan fingerprint density at radius 2 is 2.20 bits per heavy atom. The summed E-state index contributed by atoms with van der Waals surface area (Å²) in [5.74, 6) is -0.0202. The summed E-state index contributed by atoms with van der Waals surface area (Å²) in [6.07, 6.45) is 9.05. The van der Waals surface area contributed by atoms with E-state index in [-0.39, 0.29) is 11.4 Å². The summed E-state index contributed by atoms with van der Waals surface area (Å²) < 4.78 is 0. The molecule has 0 radical (unpaired) electrons. The number of nitrogens with one attached hydrogen (secondary N) is 2. The zero-order valence-corrected chi connectivity index (χ0v) is 9.05. The highest BCUT2D eigenvalue weighted by Crippen LogP contribution is 2.27. The normalized spacial score (nSPS) is 19.8. The van der Waals surface area contributed by atoms with Gasteiger partial charge in [0.1, 0.15) is 0 Å². The molecule has 2 rings (SSSR count). The largest absolute Gasteiger partial charge is 0.347 e. The molecule has 1 saturated carbocycles. The lowest BCUT2D eigenvalue weighted by Gasteiger charge is -2.34. The molecule has 4 nitrogen and oxygen atoms in total. The van der Waals surface area contributed by atoms with Crippen LogP contribution >= 0.6 is 0 Å². The predicted molar refractivity (Wildman–Crippen MR) is 57.5 cm³/mol. The Morgan fingerprint density at radius 1 is 1.47 bits per heavy atom. The SMILES string of the molecule is CC1(NC(=O)c2cn[nH]c2)CCCCC1. The van der Waals surface area contributed by atoms with Crippen LogP contribution in [0.5, 0.6) is 0 Å². The molecule has 1 aliphatic rings. The molecule has 0 spiro atoms. The summed E-state index contributed by atoms with van der Waals surface area (Å²) in [5, 5.41) is 9.52. The van der Waals surface area contributed by atoms with Crippen LogP contribution in [0.2, 0.25) is 0 Å². The molecule has 4 heteroatoms. The van der Waals surface area contributed by atoms with E-state index in [1.165, 1.54) is 19.3 Å². The molecule has 1 fully saturated rings. The Balaban J connectivity index is 1.98. The van der Waals surface area contributed by atoms with Gasteiger partial charge in [0.25, 0.3) is 5.91 Å². The fourth-order valence-electron chi connectivity index (χ4n) is 2.18. The number of hydrogen-bond donors (Lipinski definition) is 2. The van der Waals surface area contributed by atoms with Gasteiger partial charge in [-0.2, -0.15) is 5.10 Å². The molecule has 1 aromatic heterocycles. The van der Waals surface area contributed by atoms with E-state index in [4.69, 9.17) is 0 Å². The minimum atomic E-state index is -0.0212. The summed E-state index contributed by atoms with van der Waals surface area (Å²) >= 11 is 0. The fourth-order valence-corrected chi connectivity index (χ4v) is 2.18. The van der Waals surface area contributed by atoms with E-state index >= 15 is 0 Å². The number of H-pyrrole nitrogens is 1. The van der Waals surface area contributed by atoms with Crippen LogP contribution in [0, 0.1) is 0 Å². The number of rotatable bonds is 2. The lowest BCUT2D eigenvalue weighted by atomic mass is 9.83. The summed E-state index contributed by atoms with van der Waals surface area (Å²) in [6, 6.07) is 0. The minimum absolute atomic E-state index is 0.0202. The molecular formula is C11H17N3O. The van der Waals surface area contributed by atoms with Crippen molar-refractivity contribution in [3.63, 3.8) is 0 Å². The molecule has 1 amide bonds. The highest BCUT2D eigenvalue weighted by molar-refractivity contribution is 5.94. The van der Waals surface area contributed by atoms with Gasteiger partial charge in [-0.25, -0.2) is 0 Å². The molecule has 1 aromatic rings. The average molecular weight is 207 g/mol. The van der Waals surface area contributed by atoms with Crippen molar-refractivity contribution < 1.29 is 4.79 Å². The first kappa shape index (κ1) is 10.2. The topological polar surface area (TPSA) is 57.8 Å². The van der Waals surface area contributed by atoms with E-state index in [9.17, 15) is 4.79 Å². The van der Waals surface area contributed by atoms with Crippen LogP contribution in [0.15, 0.2) is 12.4 Å². The Labute approximate surface area is 89.5 Å². The number of hydrogen-bond acceptors (Lipinski definition) is 2. The number of aromatic amines is 1. The van der Waals surface area contributed by atoms with Crippen molar-refractivity contribution in [2.45, 2.75) is 44.6 Å². The third-order valence-electron chi connectivity index (χ3n) is 3.13. The fraction of sp³-hybridized carbons (Fsp3) is 0.636. The number of carbonyl (C=O) groups is 1. The van der Waals surface area contributed by atoms with E-state index in [1.54, 1.807) is 12.4 Å². The highest BCUT2D eigenvalue weighted by atomic mass is 16.1. The molecule has 0 aromatic carbocycles. The predicted octanol–water partition coefficient (Wildman–Crippen LogP) is 1.86. The molecule has 1 heterocycles. The van der Waals surface area contributed by atoms with Gasteiger partial charge in [0.2, 0.25) is 0 Å². The Bertz CT molecular complexity index is 326. The second-order valence-corrected chi connectivity index (χ2v) is 4.56. The van der Waals surface area contributed by atoms with Gasteiger partial charge in [-0.15, -0.1) is 0 Å². The monoisotopic (exact) mass is 207 g/mol. The van der Waals surface area contributed by atoms with Crippen molar-refractivity contribution in [1.82, 2.24) is 15.5 Å².